The van der Waals surface area contributed by atoms with Gasteiger partial charge in [0.1, 0.15) is 11.4 Å². The van der Waals surface area contributed by atoms with Crippen molar-refractivity contribution in [1.29, 1.82) is 0 Å². The summed E-state index contributed by atoms with van der Waals surface area (Å²) < 4.78 is 18.8. The van der Waals surface area contributed by atoms with Crippen molar-refractivity contribution < 1.29 is 18.7 Å². The largest absolute Gasteiger partial charge is 0.456 e. The molecule has 0 amide bonds. The molecule has 0 saturated carbocycles. The summed E-state index contributed by atoms with van der Waals surface area (Å²) in [7, 11) is 0. The van der Waals surface area contributed by atoms with Gasteiger partial charge in [0, 0.05) is 10.4 Å². The van der Waals surface area contributed by atoms with Gasteiger partial charge in [0.2, 0.25) is 0 Å². The molecule has 0 aliphatic rings. The Balaban J connectivity index is 2.47. The Morgan fingerprint density at radius 1 is 1.24 bits per heavy atom. The van der Waals surface area contributed by atoms with Crippen LogP contribution < -0.4 is 0 Å². The minimum absolute atomic E-state index is 0.157. The summed E-state index contributed by atoms with van der Waals surface area (Å²) in [4.78, 5) is 24.3. The van der Waals surface area contributed by atoms with Crippen LogP contribution in [0.5, 0.6) is 0 Å². The number of hydrogen-bond acceptors (Lipinski definition) is 4. The summed E-state index contributed by atoms with van der Waals surface area (Å²) in [6.07, 6.45) is 0.741. The summed E-state index contributed by atoms with van der Waals surface area (Å²) >= 11 is 1.24. The van der Waals surface area contributed by atoms with E-state index in [2.05, 4.69) is 0 Å². The van der Waals surface area contributed by atoms with Gasteiger partial charge < -0.3 is 4.74 Å². The van der Waals surface area contributed by atoms with Gasteiger partial charge in [-0.2, -0.15) is 0 Å². The lowest BCUT2D eigenvalue weighted by atomic mass is 10.1. The molecule has 1 aromatic heterocycles. The number of aldehydes is 1. The number of ether oxygens (including phenoxy) is 1. The third kappa shape index (κ3) is 3.76. The molecule has 2 aromatic rings. The van der Waals surface area contributed by atoms with Gasteiger partial charge in [-0.05, 0) is 51.1 Å². The summed E-state index contributed by atoms with van der Waals surface area (Å²) in [6.45, 7) is 5.25. The van der Waals surface area contributed by atoms with Crippen LogP contribution in [-0.4, -0.2) is 17.9 Å². The van der Waals surface area contributed by atoms with E-state index in [4.69, 9.17) is 4.74 Å². The fourth-order valence-corrected chi connectivity index (χ4v) is 2.66. The molecule has 0 unspecified atom stereocenters. The van der Waals surface area contributed by atoms with E-state index in [1.807, 2.05) is 0 Å². The number of thiophene rings is 1. The lowest BCUT2D eigenvalue weighted by Gasteiger charge is -2.20. The quantitative estimate of drug-likeness (QED) is 0.626. The van der Waals surface area contributed by atoms with Gasteiger partial charge in [-0.1, -0.05) is 0 Å². The minimum atomic E-state index is -0.663. The van der Waals surface area contributed by atoms with Gasteiger partial charge >= 0.3 is 5.97 Å². The Kier molecular flexibility index (Phi) is 4.23. The van der Waals surface area contributed by atoms with Crippen molar-refractivity contribution in [3.05, 3.63) is 46.6 Å². The highest BCUT2D eigenvalue weighted by Gasteiger charge is 2.22. The highest BCUT2D eigenvalue weighted by Crippen LogP contribution is 2.31. The smallest absolute Gasteiger partial charge is 0.339 e. The van der Waals surface area contributed by atoms with Crippen LogP contribution in [0.15, 0.2) is 30.3 Å². The van der Waals surface area contributed by atoms with E-state index < -0.39 is 17.4 Å². The zero-order valence-electron chi connectivity index (χ0n) is 12.0. The zero-order valence-corrected chi connectivity index (χ0v) is 12.8. The minimum Gasteiger partial charge on any atom is -0.456 e. The van der Waals surface area contributed by atoms with Crippen molar-refractivity contribution in [2.75, 3.05) is 0 Å². The zero-order chi connectivity index (χ0) is 15.6. The molecule has 1 aromatic carbocycles. The van der Waals surface area contributed by atoms with Crippen LogP contribution >= 0.6 is 11.3 Å². The van der Waals surface area contributed by atoms with Crippen LogP contribution in [0.25, 0.3) is 10.4 Å². The molecule has 0 aliphatic heterocycles. The van der Waals surface area contributed by atoms with E-state index in [0.29, 0.717) is 10.4 Å². The second kappa shape index (κ2) is 5.77. The number of halogens is 1. The lowest BCUT2D eigenvalue weighted by molar-refractivity contribution is 0.00699. The van der Waals surface area contributed by atoms with Crippen LogP contribution in [0.1, 0.15) is 40.8 Å². The summed E-state index contributed by atoms with van der Waals surface area (Å²) in [5, 5.41) is 0. The van der Waals surface area contributed by atoms with E-state index in [9.17, 15) is 14.0 Å². The Morgan fingerprint density at radius 2 is 1.95 bits per heavy atom. The number of carbonyl (C=O) groups excluding carboxylic acids is 2. The lowest BCUT2D eigenvalue weighted by Crippen LogP contribution is -2.24. The molecule has 21 heavy (non-hydrogen) atoms. The molecule has 3 nitrogen and oxygen atoms in total. The molecule has 0 radical (unpaired) electrons. The Hall–Kier alpha value is -2.01. The predicted molar refractivity (Wildman–Crippen MR) is 80.3 cm³/mol. The third-order valence-electron chi connectivity index (χ3n) is 2.61. The standard InChI is InChI=1S/C16H15FO3S/c1-16(2,3)20-15(19)13-8-10(17)4-6-12(13)14-7-5-11(9-18)21-14/h4-9H,1-3H3. The number of esters is 1. The monoisotopic (exact) mass is 306 g/mol. The topological polar surface area (TPSA) is 43.4 Å². The molecular weight excluding hydrogens is 291 g/mol. The maximum Gasteiger partial charge on any atom is 0.339 e. The van der Waals surface area contributed by atoms with E-state index >= 15 is 0 Å². The van der Waals surface area contributed by atoms with Gasteiger partial charge in [-0.3, -0.25) is 4.79 Å². The Bertz CT molecular complexity index is 683. The maximum absolute atomic E-state index is 13.5. The van der Waals surface area contributed by atoms with Crippen molar-refractivity contribution in [2.45, 2.75) is 26.4 Å². The summed E-state index contributed by atoms with van der Waals surface area (Å²) in [6, 6.07) is 7.35. The SMILES string of the molecule is CC(C)(C)OC(=O)c1cc(F)ccc1-c1ccc(C=O)s1. The third-order valence-corrected chi connectivity index (χ3v) is 3.65. The molecule has 0 atom stereocenters. The second-order valence-electron chi connectivity index (χ2n) is 5.51. The van der Waals surface area contributed by atoms with Gasteiger partial charge in [0.05, 0.1) is 10.4 Å². The summed E-state index contributed by atoms with van der Waals surface area (Å²) in [5.74, 6) is -1.09. The molecule has 0 fully saturated rings. The highest BCUT2D eigenvalue weighted by atomic mass is 32.1. The molecule has 5 heteroatoms. The molecular formula is C16H15FO3S. The van der Waals surface area contributed by atoms with Crippen LogP contribution in [0.4, 0.5) is 4.39 Å². The normalized spacial score (nSPS) is 11.2. The average Bonchev–Trinajstić information content (AvgIpc) is 2.85. The van der Waals surface area contributed by atoms with Crippen molar-refractivity contribution in [3.8, 4) is 10.4 Å². The van der Waals surface area contributed by atoms with Crippen LogP contribution in [0, 0.1) is 5.82 Å². The predicted octanol–water partition coefficient (Wildman–Crippen LogP) is 4.32. The number of benzene rings is 1. The molecule has 0 saturated heterocycles. The molecule has 0 N–H and O–H groups in total. The van der Waals surface area contributed by atoms with Crippen molar-refractivity contribution in [3.63, 3.8) is 0 Å². The van der Waals surface area contributed by atoms with Crippen molar-refractivity contribution in [2.24, 2.45) is 0 Å². The van der Waals surface area contributed by atoms with Crippen molar-refractivity contribution >= 4 is 23.6 Å². The molecule has 1 heterocycles. The van der Waals surface area contributed by atoms with Gasteiger partial charge in [-0.25, -0.2) is 9.18 Å². The molecule has 0 aliphatic carbocycles. The Labute approximate surface area is 126 Å². The van der Waals surface area contributed by atoms with E-state index in [1.54, 1.807) is 32.9 Å². The van der Waals surface area contributed by atoms with E-state index in [0.717, 1.165) is 17.2 Å². The first kappa shape index (κ1) is 15.4. The first-order valence-electron chi connectivity index (χ1n) is 6.38. The number of hydrogen-bond donors (Lipinski definition) is 0. The average molecular weight is 306 g/mol. The fraction of sp³-hybridized carbons (Fsp3) is 0.250. The van der Waals surface area contributed by atoms with Crippen LogP contribution in [0.2, 0.25) is 0 Å². The molecule has 0 bridgehead atoms. The second-order valence-corrected chi connectivity index (χ2v) is 6.63. The highest BCUT2D eigenvalue weighted by molar-refractivity contribution is 7.17. The molecule has 0 spiro atoms. The van der Waals surface area contributed by atoms with E-state index in [1.165, 1.54) is 23.5 Å². The van der Waals surface area contributed by atoms with Gasteiger partial charge in [0.15, 0.2) is 6.29 Å². The van der Waals surface area contributed by atoms with Crippen LogP contribution in [0.3, 0.4) is 0 Å². The summed E-state index contributed by atoms with van der Waals surface area (Å²) in [5.41, 5.74) is 0.0531. The van der Waals surface area contributed by atoms with Gasteiger partial charge in [0.25, 0.3) is 0 Å². The van der Waals surface area contributed by atoms with Crippen LogP contribution in [-0.2, 0) is 4.74 Å². The fourth-order valence-electron chi connectivity index (χ4n) is 1.79. The number of rotatable bonds is 3. The van der Waals surface area contributed by atoms with Crippen molar-refractivity contribution in [1.82, 2.24) is 0 Å². The first-order chi connectivity index (χ1) is 9.80. The Morgan fingerprint density at radius 3 is 2.52 bits per heavy atom. The maximum atomic E-state index is 13.5. The molecule has 110 valence electrons. The molecule has 2 rings (SSSR count). The number of carbonyl (C=O) groups is 2. The van der Waals surface area contributed by atoms with E-state index in [-0.39, 0.29) is 5.56 Å². The first-order valence-corrected chi connectivity index (χ1v) is 7.20. The van der Waals surface area contributed by atoms with Gasteiger partial charge in [-0.15, -0.1) is 11.3 Å².